The number of rotatable bonds is 3. The lowest BCUT2D eigenvalue weighted by Crippen LogP contribution is -2.34. The lowest BCUT2D eigenvalue weighted by Gasteiger charge is -2.29. The van der Waals surface area contributed by atoms with Crippen LogP contribution in [0.2, 0.25) is 0 Å². The molecular weight excluding hydrogens is 227 g/mol. The molecule has 0 bridgehead atoms. The molecule has 0 radical (unpaired) electrons. The Balaban J connectivity index is 2.15. The van der Waals surface area contributed by atoms with Gasteiger partial charge in [-0.15, -0.1) is 0 Å². The number of halogens is 1. The van der Waals surface area contributed by atoms with Crippen molar-refractivity contribution in [3.63, 3.8) is 0 Å². The molecule has 1 fully saturated rings. The van der Waals surface area contributed by atoms with Gasteiger partial charge in [0.1, 0.15) is 5.82 Å². The van der Waals surface area contributed by atoms with E-state index in [2.05, 4.69) is 11.8 Å². The highest BCUT2D eigenvalue weighted by atomic mass is 19.1. The minimum Gasteiger partial charge on any atom is -0.398 e. The van der Waals surface area contributed by atoms with Gasteiger partial charge in [-0.1, -0.05) is 25.8 Å². The molecule has 100 valence electrons. The Morgan fingerprint density at radius 2 is 2.17 bits per heavy atom. The molecule has 1 saturated heterocycles. The molecular formula is C15H23FN2. The zero-order valence-electron chi connectivity index (χ0n) is 11.2. The summed E-state index contributed by atoms with van der Waals surface area (Å²) in [5.74, 6) is -0.172. The Morgan fingerprint density at radius 1 is 1.33 bits per heavy atom. The lowest BCUT2D eigenvalue weighted by molar-refractivity contribution is 0.184. The minimum absolute atomic E-state index is 0.172. The van der Waals surface area contributed by atoms with Crippen molar-refractivity contribution >= 4 is 5.69 Å². The average molecular weight is 250 g/mol. The monoisotopic (exact) mass is 250 g/mol. The Kier molecular flexibility index (Phi) is 4.59. The van der Waals surface area contributed by atoms with E-state index in [1.54, 1.807) is 12.1 Å². The molecule has 0 amide bonds. The second kappa shape index (κ2) is 6.19. The largest absolute Gasteiger partial charge is 0.398 e. The summed E-state index contributed by atoms with van der Waals surface area (Å²) < 4.78 is 13.8. The van der Waals surface area contributed by atoms with Crippen molar-refractivity contribution in [1.29, 1.82) is 0 Å². The number of likely N-dealkylation sites (tertiary alicyclic amines) is 1. The van der Waals surface area contributed by atoms with E-state index in [0.717, 1.165) is 13.0 Å². The van der Waals surface area contributed by atoms with Gasteiger partial charge < -0.3 is 5.73 Å². The van der Waals surface area contributed by atoms with E-state index in [4.69, 9.17) is 5.73 Å². The van der Waals surface area contributed by atoms with Crippen LogP contribution in [0.25, 0.3) is 0 Å². The molecule has 0 saturated carbocycles. The van der Waals surface area contributed by atoms with Gasteiger partial charge in [0, 0.05) is 23.8 Å². The van der Waals surface area contributed by atoms with Gasteiger partial charge in [0.05, 0.1) is 0 Å². The fraction of sp³-hybridized carbons (Fsp3) is 0.600. The summed E-state index contributed by atoms with van der Waals surface area (Å²) in [5.41, 5.74) is 7.14. The van der Waals surface area contributed by atoms with Crippen LogP contribution in [0.3, 0.4) is 0 Å². The molecule has 2 rings (SSSR count). The fourth-order valence-electron chi connectivity index (χ4n) is 2.85. The molecule has 0 spiro atoms. The minimum atomic E-state index is -0.172. The summed E-state index contributed by atoms with van der Waals surface area (Å²) in [6.07, 6.45) is 6.16. The van der Waals surface area contributed by atoms with Gasteiger partial charge in [-0.05, 0) is 37.9 Å². The van der Waals surface area contributed by atoms with Crippen LogP contribution in [0.4, 0.5) is 10.1 Å². The third-order valence-corrected chi connectivity index (χ3v) is 3.99. The molecule has 1 atom stereocenters. The Bertz CT molecular complexity index is 372. The summed E-state index contributed by atoms with van der Waals surface area (Å²) >= 11 is 0. The topological polar surface area (TPSA) is 29.3 Å². The highest BCUT2D eigenvalue weighted by Crippen LogP contribution is 2.24. The third-order valence-electron chi connectivity index (χ3n) is 3.99. The zero-order valence-corrected chi connectivity index (χ0v) is 11.2. The first-order valence-electron chi connectivity index (χ1n) is 6.99. The van der Waals surface area contributed by atoms with E-state index >= 15 is 0 Å². The predicted molar refractivity (Wildman–Crippen MR) is 73.8 cm³/mol. The SMILES string of the molecule is CCC1CCCCCN1Cc1c(N)cccc1F. The molecule has 0 aromatic heterocycles. The van der Waals surface area contributed by atoms with Gasteiger partial charge >= 0.3 is 0 Å². The van der Waals surface area contributed by atoms with Crippen molar-refractivity contribution in [3.8, 4) is 0 Å². The van der Waals surface area contributed by atoms with Crippen LogP contribution in [0.5, 0.6) is 0 Å². The fourth-order valence-corrected chi connectivity index (χ4v) is 2.85. The highest BCUT2D eigenvalue weighted by Gasteiger charge is 2.21. The number of hydrogen-bond acceptors (Lipinski definition) is 2. The molecule has 3 heteroatoms. The average Bonchev–Trinajstić information content (AvgIpc) is 2.59. The highest BCUT2D eigenvalue weighted by molar-refractivity contribution is 5.47. The van der Waals surface area contributed by atoms with Crippen LogP contribution >= 0.6 is 0 Å². The van der Waals surface area contributed by atoms with Crippen LogP contribution < -0.4 is 5.73 Å². The van der Waals surface area contributed by atoms with Crippen LogP contribution in [0.15, 0.2) is 18.2 Å². The smallest absolute Gasteiger partial charge is 0.129 e. The molecule has 1 aromatic rings. The van der Waals surface area contributed by atoms with Gasteiger partial charge in [0.25, 0.3) is 0 Å². The first-order chi connectivity index (χ1) is 8.72. The Hall–Kier alpha value is -1.09. The van der Waals surface area contributed by atoms with Crippen molar-refractivity contribution in [1.82, 2.24) is 4.90 Å². The summed E-state index contributed by atoms with van der Waals surface area (Å²) in [5, 5.41) is 0. The van der Waals surface area contributed by atoms with Crippen molar-refractivity contribution in [2.45, 2.75) is 51.6 Å². The molecule has 0 aliphatic carbocycles. The van der Waals surface area contributed by atoms with E-state index < -0.39 is 0 Å². The van der Waals surface area contributed by atoms with Gasteiger partial charge in [-0.3, -0.25) is 4.90 Å². The van der Waals surface area contributed by atoms with E-state index in [-0.39, 0.29) is 5.82 Å². The predicted octanol–water partition coefficient (Wildman–Crippen LogP) is 3.56. The lowest BCUT2D eigenvalue weighted by atomic mass is 10.1. The number of nitrogens with zero attached hydrogens (tertiary/aromatic N) is 1. The number of anilines is 1. The van der Waals surface area contributed by atoms with Crippen molar-refractivity contribution in [3.05, 3.63) is 29.6 Å². The van der Waals surface area contributed by atoms with E-state index in [1.165, 1.54) is 31.7 Å². The van der Waals surface area contributed by atoms with Gasteiger partial charge in [0.15, 0.2) is 0 Å². The number of hydrogen-bond donors (Lipinski definition) is 1. The Labute approximate surface area is 109 Å². The standard InChI is InChI=1S/C15H23FN2/c1-2-12-7-4-3-5-10-18(12)11-13-14(16)8-6-9-15(13)17/h6,8-9,12H,2-5,7,10-11,17H2,1H3. The van der Waals surface area contributed by atoms with Crippen molar-refractivity contribution in [2.75, 3.05) is 12.3 Å². The number of nitrogens with two attached hydrogens (primary N) is 1. The molecule has 2 N–H and O–H groups in total. The van der Waals surface area contributed by atoms with E-state index in [1.807, 2.05) is 0 Å². The van der Waals surface area contributed by atoms with Gasteiger partial charge in [-0.2, -0.15) is 0 Å². The molecule has 1 heterocycles. The summed E-state index contributed by atoms with van der Waals surface area (Å²) in [4.78, 5) is 2.40. The zero-order chi connectivity index (χ0) is 13.0. The van der Waals surface area contributed by atoms with Crippen molar-refractivity contribution in [2.24, 2.45) is 0 Å². The van der Waals surface area contributed by atoms with E-state index in [0.29, 0.717) is 23.8 Å². The maximum Gasteiger partial charge on any atom is 0.129 e. The van der Waals surface area contributed by atoms with Gasteiger partial charge in [-0.25, -0.2) is 4.39 Å². The third kappa shape index (κ3) is 3.02. The van der Waals surface area contributed by atoms with Crippen LogP contribution in [-0.2, 0) is 6.54 Å². The first kappa shape index (κ1) is 13.3. The number of benzene rings is 1. The molecule has 18 heavy (non-hydrogen) atoms. The molecule has 1 aliphatic heterocycles. The van der Waals surface area contributed by atoms with Gasteiger partial charge in [0.2, 0.25) is 0 Å². The molecule has 2 nitrogen and oxygen atoms in total. The molecule has 1 aromatic carbocycles. The second-order valence-electron chi connectivity index (χ2n) is 5.19. The maximum absolute atomic E-state index is 13.8. The normalized spacial score (nSPS) is 21.8. The van der Waals surface area contributed by atoms with E-state index in [9.17, 15) is 4.39 Å². The first-order valence-corrected chi connectivity index (χ1v) is 6.99. The van der Waals surface area contributed by atoms with Crippen LogP contribution in [0.1, 0.15) is 44.6 Å². The quantitative estimate of drug-likeness (QED) is 0.831. The molecule has 1 aliphatic rings. The second-order valence-corrected chi connectivity index (χ2v) is 5.19. The van der Waals surface area contributed by atoms with Crippen LogP contribution in [0, 0.1) is 5.82 Å². The maximum atomic E-state index is 13.8. The number of nitrogen functional groups attached to an aromatic ring is 1. The van der Waals surface area contributed by atoms with Crippen LogP contribution in [-0.4, -0.2) is 17.5 Å². The summed E-state index contributed by atoms with van der Waals surface area (Å²) in [6, 6.07) is 5.54. The van der Waals surface area contributed by atoms with Crippen molar-refractivity contribution < 1.29 is 4.39 Å². The Morgan fingerprint density at radius 3 is 2.89 bits per heavy atom. The summed E-state index contributed by atoms with van der Waals surface area (Å²) in [6.45, 7) is 3.93. The molecule has 1 unspecified atom stereocenters. The summed E-state index contributed by atoms with van der Waals surface area (Å²) in [7, 11) is 0.